The van der Waals surface area contributed by atoms with Crippen molar-refractivity contribution in [2.75, 3.05) is 5.32 Å². The number of aromatic nitrogens is 1. The Morgan fingerprint density at radius 3 is 2.78 bits per heavy atom. The maximum Gasteiger partial charge on any atom is 0.124 e. The molecule has 1 aromatic carbocycles. The molecule has 0 saturated heterocycles. The number of halogens is 2. The van der Waals surface area contributed by atoms with Crippen LogP contribution in [-0.4, -0.2) is 4.98 Å². The van der Waals surface area contributed by atoms with Crippen molar-refractivity contribution in [2.45, 2.75) is 19.9 Å². The lowest BCUT2D eigenvalue weighted by Crippen LogP contribution is -2.08. The average Bonchev–Trinajstić information content (AvgIpc) is 2.32. The van der Waals surface area contributed by atoms with Gasteiger partial charge in [-0.2, -0.15) is 0 Å². The van der Waals surface area contributed by atoms with E-state index < -0.39 is 0 Å². The second-order valence-corrected chi connectivity index (χ2v) is 4.58. The summed E-state index contributed by atoms with van der Waals surface area (Å²) in [5.41, 5.74) is 2.73. The van der Waals surface area contributed by atoms with Gasteiger partial charge in [0.15, 0.2) is 0 Å². The van der Waals surface area contributed by atoms with Crippen LogP contribution >= 0.6 is 11.6 Å². The summed E-state index contributed by atoms with van der Waals surface area (Å²) in [6.45, 7) is 3.91. The molecule has 0 fully saturated rings. The third-order valence-electron chi connectivity index (χ3n) is 2.81. The van der Waals surface area contributed by atoms with Crippen molar-refractivity contribution >= 4 is 17.3 Å². The maximum atomic E-state index is 13.0. The molecule has 0 amide bonds. The van der Waals surface area contributed by atoms with Crippen LogP contribution in [0.5, 0.6) is 0 Å². The van der Waals surface area contributed by atoms with Crippen molar-refractivity contribution in [3.05, 3.63) is 58.6 Å². The summed E-state index contributed by atoms with van der Waals surface area (Å²) >= 11 is 6.03. The van der Waals surface area contributed by atoms with Crippen LogP contribution in [0.25, 0.3) is 0 Å². The summed E-state index contributed by atoms with van der Waals surface area (Å²) in [4.78, 5) is 4.21. The maximum absolute atomic E-state index is 13.0. The Hall–Kier alpha value is -1.61. The molecule has 0 radical (unpaired) electrons. The first-order valence-corrected chi connectivity index (χ1v) is 6.09. The largest absolute Gasteiger partial charge is 0.377 e. The van der Waals surface area contributed by atoms with Gasteiger partial charge >= 0.3 is 0 Å². The molecule has 94 valence electrons. The predicted octanol–water partition coefficient (Wildman–Crippen LogP) is 4.36. The molecule has 0 aliphatic heterocycles. The first-order chi connectivity index (χ1) is 8.58. The molecule has 1 unspecified atom stereocenters. The van der Waals surface area contributed by atoms with Gasteiger partial charge in [0.25, 0.3) is 0 Å². The number of nitrogens with one attached hydrogen (secondary N) is 1. The molecule has 4 heteroatoms. The number of anilines is 1. The van der Waals surface area contributed by atoms with Crippen LogP contribution in [0.15, 0.2) is 36.5 Å². The fourth-order valence-electron chi connectivity index (χ4n) is 1.80. The molecule has 1 aromatic heterocycles. The Balaban J connectivity index is 2.22. The minimum atomic E-state index is -0.325. The van der Waals surface area contributed by atoms with E-state index in [1.807, 2.05) is 26.0 Å². The van der Waals surface area contributed by atoms with Gasteiger partial charge in [-0.3, -0.25) is 4.98 Å². The molecule has 0 aliphatic rings. The number of hydrogen-bond acceptors (Lipinski definition) is 2. The topological polar surface area (TPSA) is 24.9 Å². The van der Waals surface area contributed by atoms with Gasteiger partial charge in [0, 0.05) is 11.2 Å². The normalized spacial score (nSPS) is 12.2. The molecule has 2 rings (SSSR count). The van der Waals surface area contributed by atoms with Gasteiger partial charge in [-0.05, 0) is 43.7 Å². The van der Waals surface area contributed by atoms with E-state index in [9.17, 15) is 4.39 Å². The van der Waals surface area contributed by atoms with Crippen LogP contribution in [0.4, 0.5) is 10.1 Å². The summed E-state index contributed by atoms with van der Waals surface area (Å²) < 4.78 is 13.0. The van der Waals surface area contributed by atoms with Gasteiger partial charge in [-0.1, -0.05) is 17.7 Å². The van der Waals surface area contributed by atoms with Gasteiger partial charge < -0.3 is 5.32 Å². The molecule has 2 nitrogen and oxygen atoms in total. The van der Waals surface area contributed by atoms with Crippen LogP contribution in [-0.2, 0) is 0 Å². The fraction of sp³-hybridized carbons (Fsp3) is 0.214. The zero-order valence-corrected chi connectivity index (χ0v) is 11.0. The Morgan fingerprint density at radius 1 is 1.33 bits per heavy atom. The Labute approximate surface area is 111 Å². The highest BCUT2D eigenvalue weighted by molar-refractivity contribution is 6.31. The van der Waals surface area contributed by atoms with Crippen molar-refractivity contribution in [1.82, 2.24) is 4.98 Å². The first-order valence-electron chi connectivity index (χ1n) is 5.71. The van der Waals surface area contributed by atoms with E-state index in [1.165, 1.54) is 12.1 Å². The predicted molar refractivity (Wildman–Crippen MR) is 72.4 cm³/mol. The Bertz CT molecular complexity index is 557. The summed E-state index contributed by atoms with van der Waals surface area (Å²) in [7, 11) is 0. The lowest BCUT2D eigenvalue weighted by molar-refractivity contribution is 0.626. The molecule has 1 atom stereocenters. The zero-order chi connectivity index (χ0) is 13.1. The third-order valence-corrected chi connectivity index (χ3v) is 3.14. The van der Waals surface area contributed by atoms with Crippen molar-refractivity contribution in [3.63, 3.8) is 0 Å². The number of benzene rings is 1. The van der Waals surface area contributed by atoms with Crippen LogP contribution in [0.3, 0.4) is 0 Å². The summed E-state index contributed by atoms with van der Waals surface area (Å²) in [6, 6.07) is 8.24. The van der Waals surface area contributed by atoms with E-state index in [0.29, 0.717) is 5.02 Å². The second kappa shape index (κ2) is 5.36. The second-order valence-electron chi connectivity index (χ2n) is 4.17. The number of aryl methyl sites for hydroxylation is 1. The van der Waals surface area contributed by atoms with Crippen LogP contribution in [0, 0.1) is 12.7 Å². The molecule has 18 heavy (non-hydrogen) atoms. The zero-order valence-electron chi connectivity index (χ0n) is 10.2. The lowest BCUT2D eigenvalue weighted by Gasteiger charge is -2.18. The van der Waals surface area contributed by atoms with Gasteiger partial charge in [-0.25, -0.2) is 4.39 Å². The standard InChI is InChI=1S/C14H14ClFN2/c1-9(12-6-5-11(16)8-13(12)15)18-14-4-3-7-17-10(14)2/h3-9,18H,1-2H3. The smallest absolute Gasteiger partial charge is 0.124 e. The highest BCUT2D eigenvalue weighted by Gasteiger charge is 2.11. The summed E-state index contributed by atoms with van der Waals surface area (Å²) in [5, 5.41) is 3.74. The minimum absolute atomic E-state index is 0.0130. The Morgan fingerprint density at radius 2 is 2.11 bits per heavy atom. The van der Waals surface area contributed by atoms with E-state index in [1.54, 1.807) is 12.3 Å². The van der Waals surface area contributed by atoms with Crippen molar-refractivity contribution < 1.29 is 4.39 Å². The molecule has 0 spiro atoms. The van der Waals surface area contributed by atoms with Gasteiger partial charge in [-0.15, -0.1) is 0 Å². The molecule has 1 heterocycles. The van der Waals surface area contributed by atoms with E-state index in [0.717, 1.165) is 16.9 Å². The summed E-state index contributed by atoms with van der Waals surface area (Å²) in [6.07, 6.45) is 1.75. The van der Waals surface area contributed by atoms with E-state index >= 15 is 0 Å². The van der Waals surface area contributed by atoms with Crippen LogP contribution in [0.2, 0.25) is 5.02 Å². The molecular weight excluding hydrogens is 251 g/mol. The van der Waals surface area contributed by atoms with E-state index in [-0.39, 0.29) is 11.9 Å². The number of hydrogen-bond donors (Lipinski definition) is 1. The number of nitrogens with zero attached hydrogens (tertiary/aromatic N) is 1. The fourth-order valence-corrected chi connectivity index (χ4v) is 2.13. The van der Waals surface area contributed by atoms with Gasteiger partial charge in [0.1, 0.15) is 5.82 Å². The molecule has 2 aromatic rings. The van der Waals surface area contributed by atoms with Gasteiger partial charge in [0.05, 0.1) is 17.4 Å². The monoisotopic (exact) mass is 264 g/mol. The third kappa shape index (κ3) is 2.79. The average molecular weight is 265 g/mol. The summed E-state index contributed by atoms with van der Waals surface area (Å²) in [5.74, 6) is -0.325. The highest BCUT2D eigenvalue weighted by Crippen LogP contribution is 2.27. The van der Waals surface area contributed by atoms with Gasteiger partial charge in [0.2, 0.25) is 0 Å². The molecular formula is C14H14ClFN2. The number of rotatable bonds is 3. The molecule has 0 bridgehead atoms. The van der Waals surface area contributed by atoms with Crippen LogP contribution in [0.1, 0.15) is 24.2 Å². The van der Waals surface area contributed by atoms with Crippen molar-refractivity contribution in [3.8, 4) is 0 Å². The van der Waals surface area contributed by atoms with E-state index in [2.05, 4.69) is 10.3 Å². The molecule has 1 N–H and O–H groups in total. The minimum Gasteiger partial charge on any atom is -0.377 e. The van der Waals surface area contributed by atoms with Crippen molar-refractivity contribution in [1.29, 1.82) is 0 Å². The highest BCUT2D eigenvalue weighted by atomic mass is 35.5. The SMILES string of the molecule is Cc1ncccc1NC(C)c1ccc(F)cc1Cl. The number of pyridine rings is 1. The lowest BCUT2D eigenvalue weighted by atomic mass is 10.1. The first kappa shape index (κ1) is 12.8. The van der Waals surface area contributed by atoms with E-state index in [4.69, 9.17) is 11.6 Å². The van der Waals surface area contributed by atoms with Crippen molar-refractivity contribution in [2.24, 2.45) is 0 Å². The molecule has 0 saturated carbocycles. The molecule has 0 aliphatic carbocycles. The van der Waals surface area contributed by atoms with Crippen LogP contribution < -0.4 is 5.32 Å². The Kier molecular flexibility index (Phi) is 3.82. The quantitative estimate of drug-likeness (QED) is 0.891.